The van der Waals surface area contributed by atoms with E-state index in [4.69, 9.17) is 0 Å². The molecule has 0 bridgehead atoms. The van der Waals surface area contributed by atoms with Crippen molar-refractivity contribution in [2.24, 2.45) is 0 Å². The van der Waals surface area contributed by atoms with E-state index in [0.717, 1.165) is 13.0 Å². The van der Waals surface area contributed by atoms with E-state index >= 15 is 0 Å². The van der Waals surface area contributed by atoms with Crippen LogP contribution in [0.1, 0.15) is 19.8 Å². The van der Waals surface area contributed by atoms with Crippen LogP contribution in [0.25, 0.3) is 0 Å². The minimum atomic E-state index is -0.355. The van der Waals surface area contributed by atoms with E-state index < -0.39 is 0 Å². The minimum Gasteiger partial charge on any atom is -0.355 e. The van der Waals surface area contributed by atoms with Crippen LogP contribution in [-0.4, -0.2) is 68.8 Å². The van der Waals surface area contributed by atoms with Gasteiger partial charge in [-0.25, -0.2) is 0 Å². The quantitative estimate of drug-likeness (QED) is 0.608. The van der Waals surface area contributed by atoms with Crippen molar-refractivity contribution in [3.8, 4) is 0 Å². The Morgan fingerprint density at radius 2 is 1.76 bits per heavy atom. The lowest BCUT2D eigenvalue weighted by molar-refractivity contribution is -0.129. The van der Waals surface area contributed by atoms with Crippen molar-refractivity contribution in [2.75, 3.05) is 41.3 Å². The number of nitrogens with zero attached hydrogens (tertiary/aromatic N) is 2. The molecule has 0 heterocycles. The van der Waals surface area contributed by atoms with Crippen LogP contribution in [0.5, 0.6) is 0 Å². The Balaban J connectivity index is 4.02. The molecule has 0 radical (unpaired) electrons. The maximum absolute atomic E-state index is 11.8. The zero-order valence-corrected chi connectivity index (χ0v) is 11.6. The number of rotatable bonds is 8. The van der Waals surface area contributed by atoms with Crippen LogP contribution in [0.3, 0.4) is 0 Å². The summed E-state index contributed by atoms with van der Waals surface area (Å²) >= 11 is 0. The third-order valence-electron chi connectivity index (χ3n) is 2.49. The highest BCUT2D eigenvalue weighted by atomic mass is 16.2. The van der Waals surface area contributed by atoms with E-state index in [9.17, 15) is 9.59 Å². The van der Waals surface area contributed by atoms with Gasteiger partial charge in [0.1, 0.15) is 5.78 Å². The van der Waals surface area contributed by atoms with Gasteiger partial charge in [0.25, 0.3) is 0 Å². The van der Waals surface area contributed by atoms with Crippen molar-refractivity contribution in [3.63, 3.8) is 0 Å². The molecule has 0 rings (SSSR count). The monoisotopic (exact) mass is 243 g/mol. The first-order chi connectivity index (χ1) is 7.84. The third-order valence-corrected chi connectivity index (χ3v) is 2.49. The van der Waals surface area contributed by atoms with Gasteiger partial charge in [-0.2, -0.15) is 0 Å². The van der Waals surface area contributed by atoms with Gasteiger partial charge in [-0.3, -0.25) is 14.5 Å². The maximum Gasteiger partial charge on any atom is 0.237 e. The van der Waals surface area contributed by atoms with Gasteiger partial charge in [0.05, 0.1) is 6.04 Å². The molecular weight excluding hydrogens is 218 g/mol. The second kappa shape index (κ2) is 8.20. The molecule has 0 saturated carbocycles. The second-order valence-electron chi connectivity index (χ2n) is 4.83. The highest BCUT2D eigenvalue weighted by molar-refractivity contribution is 5.88. The Kier molecular flexibility index (Phi) is 7.74. The van der Waals surface area contributed by atoms with Crippen molar-refractivity contribution < 1.29 is 9.59 Å². The predicted molar refractivity (Wildman–Crippen MR) is 69.0 cm³/mol. The number of nitrogens with one attached hydrogen (secondary N) is 1. The van der Waals surface area contributed by atoms with E-state index in [1.54, 1.807) is 4.90 Å². The lowest BCUT2D eigenvalue weighted by atomic mass is 10.1. The molecular formula is C12H25N3O2. The smallest absolute Gasteiger partial charge is 0.237 e. The van der Waals surface area contributed by atoms with Crippen LogP contribution >= 0.6 is 0 Å². The number of carbonyl (C=O) groups is 2. The fourth-order valence-electron chi connectivity index (χ4n) is 1.51. The van der Waals surface area contributed by atoms with Crippen LogP contribution in [0.2, 0.25) is 0 Å². The molecule has 17 heavy (non-hydrogen) atoms. The lowest BCUT2D eigenvalue weighted by Gasteiger charge is -2.22. The predicted octanol–water partition coefficient (Wildman–Crippen LogP) is -0.0364. The Hall–Kier alpha value is -0.940. The van der Waals surface area contributed by atoms with Crippen molar-refractivity contribution >= 4 is 11.7 Å². The number of amides is 1. The van der Waals surface area contributed by atoms with Gasteiger partial charge < -0.3 is 10.2 Å². The van der Waals surface area contributed by atoms with Crippen molar-refractivity contribution in [1.29, 1.82) is 0 Å². The number of hydrogen-bond donors (Lipinski definition) is 1. The molecule has 1 atom stereocenters. The Bertz CT molecular complexity index is 252. The fourth-order valence-corrected chi connectivity index (χ4v) is 1.51. The molecule has 0 saturated heterocycles. The van der Waals surface area contributed by atoms with Crippen LogP contribution in [-0.2, 0) is 9.59 Å². The summed E-state index contributed by atoms with van der Waals surface area (Å²) < 4.78 is 0. The number of carbonyl (C=O) groups excluding carboxylic acids is 2. The third kappa shape index (κ3) is 7.88. The zero-order valence-electron chi connectivity index (χ0n) is 11.6. The van der Waals surface area contributed by atoms with E-state index in [0.29, 0.717) is 6.54 Å². The molecule has 0 aromatic heterocycles. The summed E-state index contributed by atoms with van der Waals surface area (Å²) in [4.78, 5) is 26.8. The van der Waals surface area contributed by atoms with Crippen molar-refractivity contribution in [1.82, 2.24) is 15.1 Å². The molecule has 1 N–H and O–H groups in total. The molecule has 0 aliphatic heterocycles. The molecule has 100 valence electrons. The van der Waals surface area contributed by atoms with Gasteiger partial charge in [0.2, 0.25) is 5.91 Å². The standard InChI is InChI=1S/C12H25N3O2/c1-10(16)9-11(15(4)5)12(17)13-7-6-8-14(2)3/h11H,6-9H2,1-5H3,(H,13,17)/t11-/m1/s1. The first kappa shape index (κ1) is 16.1. The molecule has 0 fully saturated rings. The Morgan fingerprint density at radius 3 is 2.18 bits per heavy atom. The summed E-state index contributed by atoms with van der Waals surface area (Å²) in [6.07, 6.45) is 1.19. The van der Waals surface area contributed by atoms with Gasteiger partial charge in [-0.1, -0.05) is 0 Å². The molecule has 0 spiro atoms. The lowest BCUT2D eigenvalue weighted by Crippen LogP contribution is -2.45. The number of likely N-dealkylation sites (N-methyl/N-ethyl adjacent to an activating group) is 1. The number of ketones is 1. The molecule has 5 nitrogen and oxygen atoms in total. The highest BCUT2D eigenvalue weighted by Crippen LogP contribution is 2.01. The van der Waals surface area contributed by atoms with E-state index in [1.165, 1.54) is 6.92 Å². The first-order valence-electron chi connectivity index (χ1n) is 5.93. The van der Waals surface area contributed by atoms with Crippen LogP contribution < -0.4 is 5.32 Å². The Labute approximate surface area is 104 Å². The van der Waals surface area contributed by atoms with E-state index in [2.05, 4.69) is 10.2 Å². The molecule has 0 unspecified atom stereocenters. The van der Waals surface area contributed by atoms with Gasteiger partial charge >= 0.3 is 0 Å². The first-order valence-corrected chi connectivity index (χ1v) is 5.93. The average molecular weight is 243 g/mol. The normalized spacial score (nSPS) is 12.9. The van der Waals surface area contributed by atoms with Gasteiger partial charge in [0, 0.05) is 13.0 Å². The Morgan fingerprint density at radius 1 is 1.18 bits per heavy atom. The molecule has 5 heteroatoms. The molecule has 0 aromatic rings. The summed E-state index contributed by atoms with van der Waals surface area (Å²) in [6, 6.07) is -0.355. The highest BCUT2D eigenvalue weighted by Gasteiger charge is 2.21. The van der Waals surface area contributed by atoms with Gasteiger partial charge in [0.15, 0.2) is 0 Å². The molecule has 0 aliphatic carbocycles. The summed E-state index contributed by atoms with van der Waals surface area (Å²) in [7, 11) is 7.63. The van der Waals surface area contributed by atoms with E-state index in [1.807, 2.05) is 28.2 Å². The largest absolute Gasteiger partial charge is 0.355 e. The van der Waals surface area contributed by atoms with Gasteiger partial charge in [-0.15, -0.1) is 0 Å². The van der Waals surface area contributed by atoms with Crippen molar-refractivity contribution in [3.05, 3.63) is 0 Å². The van der Waals surface area contributed by atoms with Gasteiger partial charge in [-0.05, 0) is 48.1 Å². The number of hydrogen-bond acceptors (Lipinski definition) is 4. The molecule has 1 amide bonds. The fraction of sp³-hybridized carbons (Fsp3) is 0.833. The zero-order chi connectivity index (χ0) is 13.4. The second-order valence-corrected chi connectivity index (χ2v) is 4.83. The van der Waals surface area contributed by atoms with E-state index in [-0.39, 0.29) is 24.2 Å². The topological polar surface area (TPSA) is 52.7 Å². The van der Waals surface area contributed by atoms with Crippen molar-refractivity contribution in [2.45, 2.75) is 25.8 Å². The average Bonchev–Trinajstić information content (AvgIpc) is 2.19. The van der Waals surface area contributed by atoms with Crippen LogP contribution in [0.4, 0.5) is 0 Å². The summed E-state index contributed by atoms with van der Waals surface area (Å²) in [5.41, 5.74) is 0. The SMILES string of the molecule is CC(=O)C[C@H](C(=O)NCCCN(C)C)N(C)C. The van der Waals surface area contributed by atoms with Crippen LogP contribution in [0, 0.1) is 0 Å². The molecule has 0 aromatic carbocycles. The summed E-state index contributed by atoms with van der Waals surface area (Å²) in [5.74, 6) is -0.0314. The van der Waals surface area contributed by atoms with Crippen LogP contribution in [0.15, 0.2) is 0 Å². The summed E-state index contributed by atoms with van der Waals surface area (Å²) in [5, 5.41) is 2.87. The summed E-state index contributed by atoms with van der Waals surface area (Å²) in [6.45, 7) is 3.11. The maximum atomic E-state index is 11.8. The minimum absolute atomic E-state index is 0.0344. The molecule has 0 aliphatic rings. The number of Topliss-reactive ketones (excluding diaryl/α,β-unsaturated/α-hetero) is 1.